The minimum absolute atomic E-state index is 0.0654. The van der Waals surface area contributed by atoms with Crippen molar-refractivity contribution in [2.24, 2.45) is 0 Å². The average Bonchev–Trinajstić information content (AvgIpc) is 2.26. The number of carbonyl (C=O) groups is 2. The summed E-state index contributed by atoms with van der Waals surface area (Å²) in [5.74, 6) is -1.80. The largest absolute Gasteiger partial charge is 0.481 e. The third kappa shape index (κ3) is 14.1. The van der Waals surface area contributed by atoms with Gasteiger partial charge in [0.25, 0.3) is 0 Å². The van der Waals surface area contributed by atoms with Crippen LogP contribution in [0.15, 0.2) is 37.0 Å². The van der Waals surface area contributed by atoms with Crippen LogP contribution < -0.4 is 0 Å². The zero-order valence-corrected chi connectivity index (χ0v) is 9.89. The molecule has 0 atom stereocenters. The smallest absolute Gasteiger partial charge is 0.334 e. The zero-order chi connectivity index (χ0) is 13.7. The maximum atomic E-state index is 10.8. The van der Waals surface area contributed by atoms with E-state index in [0.29, 0.717) is 0 Å². The van der Waals surface area contributed by atoms with E-state index in [-0.39, 0.29) is 18.8 Å². The topological polar surface area (TPSA) is 83.8 Å². The molecule has 0 aromatic heterocycles. The van der Waals surface area contributed by atoms with Crippen LogP contribution in [-0.4, -0.2) is 35.4 Å². The molecule has 0 rings (SSSR count). The molecule has 0 aromatic rings. The summed E-state index contributed by atoms with van der Waals surface area (Å²) in [7, 11) is 0. The molecule has 0 aliphatic rings. The van der Waals surface area contributed by atoms with Crippen LogP contribution in [0.2, 0.25) is 0 Å². The number of carbonyl (C=O) groups excluding carboxylic acids is 1. The van der Waals surface area contributed by atoms with E-state index in [2.05, 4.69) is 17.9 Å². The van der Waals surface area contributed by atoms with E-state index in [4.69, 9.17) is 10.2 Å². The van der Waals surface area contributed by atoms with E-state index in [1.54, 1.807) is 12.2 Å². The van der Waals surface area contributed by atoms with Crippen molar-refractivity contribution in [1.82, 2.24) is 0 Å². The van der Waals surface area contributed by atoms with Crippen LogP contribution in [0.3, 0.4) is 0 Å². The molecule has 0 aliphatic heterocycles. The van der Waals surface area contributed by atoms with Gasteiger partial charge in [-0.05, 0) is 6.92 Å². The molecule has 0 amide bonds. The molecule has 2 N–H and O–H groups in total. The van der Waals surface area contributed by atoms with E-state index >= 15 is 0 Å². The van der Waals surface area contributed by atoms with Crippen molar-refractivity contribution < 1.29 is 24.5 Å². The van der Waals surface area contributed by atoms with E-state index in [9.17, 15) is 9.59 Å². The summed E-state index contributed by atoms with van der Waals surface area (Å²) in [6, 6.07) is 0. The molecule has 0 bridgehead atoms. The number of allylic oxidation sites excluding steroid dienone is 1. The first kappa shape index (κ1) is 17.5. The number of hydrogen-bond donors (Lipinski definition) is 2. The summed E-state index contributed by atoms with van der Waals surface area (Å²) in [4.78, 5) is 20.9. The SMILES string of the molecule is C=CCOC(=O)C(=C)CC(=O)O.CC=CCO. The molecule has 0 spiro atoms. The first-order chi connectivity index (χ1) is 7.99. The predicted octanol–water partition coefficient (Wildman–Crippen LogP) is 1.30. The van der Waals surface area contributed by atoms with Crippen LogP contribution in [0.1, 0.15) is 13.3 Å². The molecule has 96 valence electrons. The number of aliphatic carboxylic acids is 1. The Hall–Kier alpha value is -1.88. The van der Waals surface area contributed by atoms with Crippen LogP contribution in [-0.2, 0) is 14.3 Å². The van der Waals surface area contributed by atoms with Crippen LogP contribution in [0.4, 0.5) is 0 Å². The summed E-state index contributed by atoms with van der Waals surface area (Å²) in [6.07, 6.45) is 4.49. The minimum atomic E-state index is -1.10. The van der Waals surface area contributed by atoms with Gasteiger partial charge in [0.1, 0.15) is 6.61 Å². The third-order valence-electron chi connectivity index (χ3n) is 1.33. The summed E-state index contributed by atoms with van der Waals surface area (Å²) in [5.41, 5.74) is -0.0654. The molecule has 5 nitrogen and oxygen atoms in total. The van der Waals surface area contributed by atoms with Gasteiger partial charge >= 0.3 is 11.9 Å². The second kappa shape index (κ2) is 12.2. The number of esters is 1. The minimum Gasteiger partial charge on any atom is -0.481 e. The first-order valence-electron chi connectivity index (χ1n) is 4.89. The molecule has 0 radical (unpaired) electrons. The number of hydrogen-bond acceptors (Lipinski definition) is 4. The van der Waals surface area contributed by atoms with Gasteiger partial charge in [-0.15, -0.1) is 0 Å². The number of carboxylic acids is 1. The highest BCUT2D eigenvalue weighted by Gasteiger charge is 2.10. The van der Waals surface area contributed by atoms with E-state index in [1.165, 1.54) is 6.08 Å². The van der Waals surface area contributed by atoms with Crippen LogP contribution in [0.25, 0.3) is 0 Å². The summed E-state index contributed by atoms with van der Waals surface area (Å²) in [5, 5.41) is 16.2. The van der Waals surface area contributed by atoms with Gasteiger partial charge in [0.2, 0.25) is 0 Å². The number of rotatable bonds is 6. The van der Waals surface area contributed by atoms with Gasteiger partial charge in [-0.3, -0.25) is 4.79 Å². The molecule has 0 unspecified atom stereocenters. The molecule has 0 saturated heterocycles. The quantitative estimate of drug-likeness (QED) is 0.416. The Bertz CT molecular complexity index is 291. The van der Waals surface area contributed by atoms with Gasteiger partial charge in [0.15, 0.2) is 0 Å². The standard InChI is InChI=1S/C8H10O4.C4H8O/c1-3-4-12-8(11)6(2)5-7(9)10;1-2-3-4-5/h3H,1-2,4-5H2,(H,9,10);2-3,5H,4H2,1H3. The normalized spacial score (nSPS) is 9.06. The van der Waals surface area contributed by atoms with Crippen molar-refractivity contribution in [1.29, 1.82) is 0 Å². The second-order valence-corrected chi connectivity index (χ2v) is 2.81. The Morgan fingerprint density at radius 1 is 1.41 bits per heavy atom. The highest BCUT2D eigenvalue weighted by molar-refractivity contribution is 5.92. The average molecular weight is 242 g/mol. The lowest BCUT2D eigenvalue weighted by Gasteiger charge is -2.01. The van der Waals surface area contributed by atoms with Gasteiger partial charge in [-0.1, -0.05) is 31.4 Å². The molecular formula is C12H18O5. The molecule has 0 aliphatic carbocycles. The fraction of sp³-hybridized carbons (Fsp3) is 0.333. The highest BCUT2D eigenvalue weighted by atomic mass is 16.5. The summed E-state index contributed by atoms with van der Waals surface area (Å²) >= 11 is 0. The van der Waals surface area contributed by atoms with Gasteiger partial charge in [-0.25, -0.2) is 4.79 Å². The Morgan fingerprint density at radius 2 is 2.00 bits per heavy atom. The van der Waals surface area contributed by atoms with E-state index in [1.807, 2.05) is 6.92 Å². The summed E-state index contributed by atoms with van der Waals surface area (Å²) < 4.78 is 4.53. The van der Waals surface area contributed by atoms with Gasteiger partial charge < -0.3 is 14.9 Å². The van der Waals surface area contributed by atoms with Crippen molar-refractivity contribution in [2.75, 3.05) is 13.2 Å². The van der Waals surface area contributed by atoms with Gasteiger partial charge in [-0.2, -0.15) is 0 Å². The lowest BCUT2D eigenvalue weighted by atomic mass is 10.2. The van der Waals surface area contributed by atoms with Crippen molar-refractivity contribution in [3.8, 4) is 0 Å². The number of aliphatic hydroxyl groups is 1. The molecule has 0 saturated carbocycles. The Kier molecular flexibility index (Phi) is 12.6. The molecule has 17 heavy (non-hydrogen) atoms. The maximum Gasteiger partial charge on any atom is 0.334 e. The molecule has 0 aromatic carbocycles. The number of aliphatic hydroxyl groups excluding tert-OH is 1. The molecule has 0 fully saturated rings. The molecule has 5 heteroatoms. The van der Waals surface area contributed by atoms with Crippen LogP contribution >= 0.6 is 0 Å². The van der Waals surface area contributed by atoms with Crippen molar-refractivity contribution in [3.63, 3.8) is 0 Å². The Labute approximate surface area is 101 Å². The zero-order valence-electron chi connectivity index (χ0n) is 9.89. The second-order valence-electron chi connectivity index (χ2n) is 2.81. The first-order valence-corrected chi connectivity index (χ1v) is 4.89. The van der Waals surface area contributed by atoms with Crippen LogP contribution in [0, 0.1) is 0 Å². The van der Waals surface area contributed by atoms with Gasteiger partial charge in [0.05, 0.1) is 13.0 Å². The van der Waals surface area contributed by atoms with E-state index < -0.39 is 18.4 Å². The van der Waals surface area contributed by atoms with E-state index in [0.717, 1.165) is 0 Å². The highest BCUT2D eigenvalue weighted by Crippen LogP contribution is 2.00. The molecule has 0 heterocycles. The maximum absolute atomic E-state index is 10.8. The van der Waals surface area contributed by atoms with Crippen molar-refractivity contribution in [3.05, 3.63) is 37.0 Å². The third-order valence-corrected chi connectivity index (χ3v) is 1.33. The van der Waals surface area contributed by atoms with Crippen molar-refractivity contribution >= 4 is 11.9 Å². The number of ether oxygens (including phenoxy) is 1. The van der Waals surface area contributed by atoms with Crippen molar-refractivity contribution in [2.45, 2.75) is 13.3 Å². The molecular weight excluding hydrogens is 224 g/mol. The predicted molar refractivity (Wildman–Crippen MR) is 64.4 cm³/mol. The van der Waals surface area contributed by atoms with Crippen LogP contribution in [0.5, 0.6) is 0 Å². The summed E-state index contributed by atoms with van der Waals surface area (Å²) in [6.45, 7) is 8.69. The number of carboxylic acid groups (broad SMARTS) is 1. The lowest BCUT2D eigenvalue weighted by molar-refractivity contribution is -0.142. The van der Waals surface area contributed by atoms with Gasteiger partial charge in [0, 0.05) is 5.57 Å². The lowest BCUT2D eigenvalue weighted by Crippen LogP contribution is -2.10. The fourth-order valence-electron chi connectivity index (χ4n) is 0.597. The fourth-order valence-corrected chi connectivity index (χ4v) is 0.597. The monoisotopic (exact) mass is 242 g/mol. The Morgan fingerprint density at radius 3 is 2.29 bits per heavy atom. The Balaban J connectivity index is 0.